The fourth-order valence-electron chi connectivity index (χ4n) is 5.68. The van der Waals surface area contributed by atoms with E-state index in [-0.39, 0.29) is 23.4 Å². The zero-order chi connectivity index (χ0) is 31.5. The fraction of sp³-hybridized carbons (Fsp3) is 0.429. The minimum Gasteiger partial charge on any atom is -0.494 e. The van der Waals surface area contributed by atoms with Crippen LogP contribution in [0.1, 0.15) is 63.5 Å². The van der Waals surface area contributed by atoms with Crippen molar-refractivity contribution in [3.63, 3.8) is 0 Å². The lowest BCUT2D eigenvalue weighted by atomic mass is 9.95. The Morgan fingerprint density at radius 3 is 2.18 bits per heavy atom. The maximum atomic E-state index is 14.3. The van der Waals surface area contributed by atoms with Crippen molar-refractivity contribution in [1.82, 2.24) is 10.2 Å². The van der Waals surface area contributed by atoms with Gasteiger partial charge < -0.3 is 15.0 Å². The lowest BCUT2D eigenvalue weighted by Gasteiger charge is -2.34. The topological polar surface area (TPSA) is 96.0 Å². The van der Waals surface area contributed by atoms with E-state index < -0.39 is 28.5 Å². The molecule has 0 aliphatic heterocycles. The summed E-state index contributed by atoms with van der Waals surface area (Å²) >= 11 is 0. The van der Waals surface area contributed by atoms with E-state index in [1.54, 1.807) is 53.4 Å². The summed E-state index contributed by atoms with van der Waals surface area (Å²) in [5, 5.41) is 3.19. The number of nitrogens with one attached hydrogen (secondary N) is 1. The van der Waals surface area contributed by atoms with E-state index >= 15 is 0 Å². The summed E-state index contributed by atoms with van der Waals surface area (Å²) < 4.78 is 34.8. The van der Waals surface area contributed by atoms with E-state index in [1.165, 1.54) is 6.42 Å². The first kappa shape index (κ1) is 33.1. The van der Waals surface area contributed by atoms with Gasteiger partial charge in [-0.1, -0.05) is 74.2 Å². The first-order valence-electron chi connectivity index (χ1n) is 15.7. The number of hydrogen-bond acceptors (Lipinski definition) is 5. The van der Waals surface area contributed by atoms with Gasteiger partial charge in [0.25, 0.3) is 10.0 Å². The Bertz CT molecular complexity index is 1450. The molecule has 0 saturated heterocycles. The van der Waals surface area contributed by atoms with E-state index in [0.717, 1.165) is 41.1 Å². The number of ether oxygens (including phenoxy) is 1. The van der Waals surface area contributed by atoms with Crippen molar-refractivity contribution in [3.8, 4) is 5.75 Å². The summed E-state index contributed by atoms with van der Waals surface area (Å²) in [7, 11) is -4.12. The summed E-state index contributed by atoms with van der Waals surface area (Å²) in [6.07, 6.45) is 6.13. The minimum atomic E-state index is -4.12. The van der Waals surface area contributed by atoms with E-state index in [4.69, 9.17) is 4.74 Å². The number of anilines is 1. The zero-order valence-corrected chi connectivity index (χ0v) is 26.9. The fourth-order valence-corrected chi connectivity index (χ4v) is 7.10. The number of amides is 2. The zero-order valence-electron chi connectivity index (χ0n) is 26.1. The summed E-state index contributed by atoms with van der Waals surface area (Å²) in [4.78, 5) is 29.6. The van der Waals surface area contributed by atoms with Crippen molar-refractivity contribution in [2.75, 3.05) is 24.0 Å². The van der Waals surface area contributed by atoms with Crippen molar-refractivity contribution in [3.05, 3.63) is 90.0 Å². The average Bonchev–Trinajstić information content (AvgIpc) is 3.03. The van der Waals surface area contributed by atoms with Gasteiger partial charge in [-0.2, -0.15) is 0 Å². The Morgan fingerprint density at radius 1 is 0.909 bits per heavy atom. The van der Waals surface area contributed by atoms with Crippen LogP contribution in [0.15, 0.2) is 83.8 Å². The van der Waals surface area contributed by atoms with Gasteiger partial charge in [-0.15, -0.1) is 0 Å². The van der Waals surface area contributed by atoms with Crippen molar-refractivity contribution in [2.24, 2.45) is 0 Å². The Hall–Kier alpha value is -3.85. The molecule has 3 aromatic carbocycles. The Labute approximate surface area is 262 Å². The number of carbonyl (C=O) groups is 2. The Kier molecular flexibility index (Phi) is 11.8. The highest BCUT2D eigenvalue weighted by Crippen LogP contribution is 2.27. The lowest BCUT2D eigenvalue weighted by molar-refractivity contribution is -0.140. The summed E-state index contributed by atoms with van der Waals surface area (Å²) in [5.41, 5.74) is 2.29. The minimum absolute atomic E-state index is 0.0858. The van der Waals surface area contributed by atoms with Gasteiger partial charge in [0.05, 0.1) is 17.2 Å². The molecule has 1 saturated carbocycles. The van der Waals surface area contributed by atoms with E-state index in [0.29, 0.717) is 30.9 Å². The van der Waals surface area contributed by atoms with Gasteiger partial charge in [-0.3, -0.25) is 13.9 Å². The summed E-state index contributed by atoms with van der Waals surface area (Å²) in [6.45, 7) is 5.95. The lowest BCUT2D eigenvalue weighted by Crippen LogP contribution is -2.54. The second kappa shape index (κ2) is 15.7. The SMILES string of the molecule is CCOc1ccc(N(CC(=O)N(CCc2ccccc2)[C@@H](CC)C(=O)NC2CCCCC2)S(=O)(=O)c2ccc(C)cc2)cc1. The number of benzene rings is 3. The maximum Gasteiger partial charge on any atom is 0.264 e. The van der Waals surface area contributed by atoms with Gasteiger partial charge in [-0.25, -0.2) is 8.42 Å². The third-order valence-electron chi connectivity index (χ3n) is 8.15. The van der Waals surface area contributed by atoms with Crippen LogP contribution in [-0.2, 0) is 26.0 Å². The predicted octanol–water partition coefficient (Wildman–Crippen LogP) is 5.89. The van der Waals surface area contributed by atoms with Crippen LogP contribution >= 0.6 is 0 Å². The van der Waals surface area contributed by atoms with Crippen molar-refractivity contribution < 1.29 is 22.7 Å². The smallest absolute Gasteiger partial charge is 0.264 e. The molecule has 0 heterocycles. The highest BCUT2D eigenvalue weighted by Gasteiger charge is 2.34. The number of nitrogens with zero attached hydrogens (tertiary/aromatic N) is 2. The Balaban J connectivity index is 1.67. The third kappa shape index (κ3) is 8.62. The summed E-state index contributed by atoms with van der Waals surface area (Å²) in [5.74, 6) is -0.0175. The van der Waals surface area contributed by atoms with Crippen LogP contribution in [0.5, 0.6) is 5.75 Å². The Morgan fingerprint density at radius 2 is 1.57 bits per heavy atom. The molecular formula is C35H45N3O5S. The molecule has 1 atom stereocenters. The van der Waals surface area contributed by atoms with Crippen LogP contribution < -0.4 is 14.4 Å². The number of hydrogen-bond donors (Lipinski definition) is 1. The highest BCUT2D eigenvalue weighted by molar-refractivity contribution is 7.92. The maximum absolute atomic E-state index is 14.3. The highest BCUT2D eigenvalue weighted by atomic mass is 32.2. The van der Waals surface area contributed by atoms with Gasteiger partial charge >= 0.3 is 0 Å². The third-order valence-corrected chi connectivity index (χ3v) is 9.93. The molecule has 236 valence electrons. The molecule has 0 unspecified atom stereocenters. The normalized spacial score (nSPS) is 14.4. The molecular weight excluding hydrogens is 574 g/mol. The van der Waals surface area contributed by atoms with Crippen molar-refractivity contribution in [1.29, 1.82) is 0 Å². The molecule has 9 heteroatoms. The van der Waals surface area contributed by atoms with Gasteiger partial charge in [0, 0.05) is 12.6 Å². The quantitative estimate of drug-likeness (QED) is 0.243. The van der Waals surface area contributed by atoms with E-state index in [2.05, 4.69) is 5.32 Å². The molecule has 44 heavy (non-hydrogen) atoms. The van der Waals surface area contributed by atoms with E-state index in [9.17, 15) is 18.0 Å². The molecule has 0 aromatic heterocycles. The van der Waals surface area contributed by atoms with Crippen LogP contribution in [0.2, 0.25) is 0 Å². The van der Waals surface area contributed by atoms with Crippen LogP contribution in [-0.4, -0.2) is 56.9 Å². The molecule has 0 spiro atoms. The molecule has 3 aromatic rings. The summed E-state index contributed by atoms with van der Waals surface area (Å²) in [6, 6.07) is 22.4. The standard InChI is InChI=1S/C35H45N3O5S/c1-4-33(35(40)36-29-14-10-7-11-15-29)37(25-24-28-12-8-6-9-13-28)34(39)26-38(30-18-20-31(21-19-30)43-5-2)44(41,42)32-22-16-27(3)17-23-32/h6,8-9,12-13,16-23,29,33H,4-5,7,10-11,14-15,24-26H2,1-3H3,(H,36,40)/t33-/m0/s1. The molecule has 2 amide bonds. The van der Waals surface area contributed by atoms with Gasteiger partial charge in [0.15, 0.2) is 0 Å². The van der Waals surface area contributed by atoms with Crippen molar-refractivity contribution in [2.45, 2.75) is 82.7 Å². The molecule has 0 bridgehead atoms. The molecule has 1 aliphatic carbocycles. The molecule has 4 rings (SSSR count). The molecule has 0 radical (unpaired) electrons. The second-order valence-corrected chi connectivity index (χ2v) is 13.2. The van der Waals surface area contributed by atoms with Gasteiger partial charge in [-0.05, 0) is 81.5 Å². The molecule has 8 nitrogen and oxygen atoms in total. The van der Waals surface area contributed by atoms with Crippen LogP contribution in [0, 0.1) is 6.92 Å². The van der Waals surface area contributed by atoms with Gasteiger partial charge in [0.1, 0.15) is 18.3 Å². The second-order valence-electron chi connectivity index (χ2n) is 11.3. The molecule has 1 N–H and O–H groups in total. The average molecular weight is 620 g/mol. The number of aryl methyl sites for hydroxylation is 1. The van der Waals surface area contributed by atoms with E-state index in [1.807, 2.05) is 51.1 Å². The van der Waals surface area contributed by atoms with Crippen molar-refractivity contribution >= 4 is 27.5 Å². The van der Waals surface area contributed by atoms with Gasteiger partial charge in [0.2, 0.25) is 11.8 Å². The van der Waals surface area contributed by atoms with Crippen LogP contribution in [0.3, 0.4) is 0 Å². The molecule has 1 fully saturated rings. The largest absolute Gasteiger partial charge is 0.494 e. The molecule has 1 aliphatic rings. The number of rotatable bonds is 14. The number of sulfonamides is 1. The van der Waals surface area contributed by atoms with Crippen LogP contribution in [0.4, 0.5) is 5.69 Å². The van der Waals surface area contributed by atoms with Crippen LogP contribution in [0.25, 0.3) is 0 Å². The number of carbonyl (C=O) groups excluding carboxylic acids is 2. The monoisotopic (exact) mass is 619 g/mol. The first-order chi connectivity index (χ1) is 21.2. The predicted molar refractivity (Wildman–Crippen MR) is 174 cm³/mol. The first-order valence-corrected chi connectivity index (χ1v) is 17.1.